The number of hydrogen-bond acceptors (Lipinski definition) is 18. The predicted octanol–water partition coefficient (Wildman–Crippen LogP) is -0.376. The van der Waals surface area contributed by atoms with Gasteiger partial charge >= 0.3 is 0 Å². The highest BCUT2D eigenvalue weighted by Crippen LogP contribution is 2.88. The molecule has 8 fully saturated rings. The number of hydrogen-bond donors (Lipinski definition) is 11. The van der Waals surface area contributed by atoms with Crippen LogP contribution < -0.4 is 0 Å². The molecule has 0 amide bonds. The number of carbonyl (C=O) groups excluding carboxylic acids is 1. The van der Waals surface area contributed by atoms with Crippen LogP contribution in [0.1, 0.15) is 113 Å². The van der Waals surface area contributed by atoms with Crippen molar-refractivity contribution in [3.63, 3.8) is 0 Å². The predicted molar refractivity (Wildman–Crippen MR) is 226 cm³/mol. The molecule has 2 spiro atoms. The zero-order chi connectivity index (χ0) is 47.7. The molecule has 3 heterocycles. The second kappa shape index (κ2) is 17.4. The van der Waals surface area contributed by atoms with Gasteiger partial charge < -0.3 is 84.6 Å². The standard InChI is InChI=1S/C47H78O18/c1-20(9-10-28(64-41-37(59)34(56)32(54)25(17-48)62-41)43(5,6)65-39-35(57)31(53)24(51)18-60-39)29-23(50)16-45(8)26-15-22(49)38-42(3,4)27(63-40-36(58)33(55)30(52)21(2)61-40)11-12-47(38)19-46(26,47)14-13-44(29,45)7/h20-21,23-41,48,50-59H,9-19H2,1-8H3. The SMILES string of the molecule is CC(CCC(OC1OC(CO)C(O)C(O)C1O)C(C)(C)OC1OCC(O)C(O)C1O)C1C(O)CC2(C)C3CC(=O)C4C(C)(C)C(OC5OC(C)C(O)C(O)C5O)CCC45CC35CCC12C. The first-order valence-electron chi connectivity index (χ1n) is 24.1. The molecule has 0 bridgehead atoms. The minimum absolute atomic E-state index is 0.0454. The maximum absolute atomic E-state index is 14.8. The molecule has 5 aliphatic carbocycles. The van der Waals surface area contributed by atoms with E-state index in [0.717, 1.165) is 25.7 Å². The summed E-state index contributed by atoms with van der Waals surface area (Å²) in [6.45, 7) is 14.8. The van der Waals surface area contributed by atoms with Crippen LogP contribution in [0.5, 0.6) is 0 Å². The van der Waals surface area contributed by atoms with Gasteiger partial charge in [-0.1, -0.05) is 34.6 Å². The molecule has 3 aliphatic heterocycles. The number of fused-ring (bicyclic) bond motifs is 2. The Balaban J connectivity index is 0.998. The summed E-state index contributed by atoms with van der Waals surface area (Å²) in [4.78, 5) is 14.8. The van der Waals surface area contributed by atoms with E-state index in [9.17, 15) is 61.0 Å². The van der Waals surface area contributed by atoms with E-state index in [2.05, 4.69) is 34.6 Å². The molecule has 374 valence electrons. The molecule has 0 aromatic rings. The van der Waals surface area contributed by atoms with Crippen LogP contribution in [0.4, 0.5) is 0 Å². The fourth-order valence-electron chi connectivity index (χ4n) is 15.5. The summed E-state index contributed by atoms with van der Waals surface area (Å²) in [7, 11) is 0. The molecule has 0 aromatic heterocycles. The van der Waals surface area contributed by atoms with E-state index in [1.165, 1.54) is 0 Å². The molecule has 3 saturated heterocycles. The zero-order valence-corrected chi connectivity index (χ0v) is 39.2. The van der Waals surface area contributed by atoms with Gasteiger partial charge in [-0.05, 0) is 112 Å². The van der Waals surface area contributed by atoms with Crippen LogP contribution in [0, 0.1) is 50.7 Å². The van der Waals surface area contributed by atoms with Crippen LogP contribution in [-0.4, -0.2) is 185 Å². The summed E-state index contributed by atoms with van der Waals surface area (Å²) in [6.07, 6.45) is -15.9. The lowest BCUT2D eigenvalue weighted by Gasteiger charge is -2.63. The first-order chi connectivity index (χ1) is 30.2. The van der Waals surface area contributed by atoms with Crippen LogP contribution >= 0.6 is 0 Å². The second-order valence-corrected chi connectivity index (χ2v) is 23.3. The summed E-state index contributed by atoms with van der Waals surface area (Å²) >= 11 is 0. The third-order valence-electron chi connectivity index (χ3n) is 19.2. The van der Waals surface area contributed by atoms with Crippen molar-refractivity contribution >= 4 is 5.78 Å². The first kappa shape index (κ1) is 50.4. The van der Waals surface area contributed by atoms with Gasteiger partial charge in [-0.25, -0.2) is 0 Å². The molecule has 25 atom stereocenters. The van der Waals surface area contributed by atoms with E-state index in [0.29, 0.717) is 25.7 Å². The Morgan fingerprint density at radius 1 is 0.738 bits per heavy atom. The Morgan fingerprint density at radius 2 is 1.38 bits per heavy atom. The molecule has 18 heteroatoms. The lowest BCUT2D eigenvalue weighted by atomic mass is 9.41. The maximum atomic E-state index is 14.8. The van der Waals surface area contributed by atoms with Gasteiger partial charge in [0.1, 0.15) is 66.8 Å². The normalized spacial score (nSPS) is 53.9. The van der Waals surface area contributed by atoms with Crippen LogP contribution in [0.3, 0.4) is 0 Å². The van der Waals surface area contributed by atoms with E-state index < -0.39 is 122 Å². The van der Waals surface area contributed by atoms with Gasteiger partial charge in [0.25, 0.3) is 0 Å². The Bertz CT molecular complexity index is 1730. The molecular weight excluding hydrogens is 852 g/mol. The molecule has 18 nitrogen and oxygen atoms in total. The van der Waals surface area contributed by atoms with Crippen LogP contribution in [0.15, 0.2) is 0 Å². The average molecular weight is 931 g/mol. The molecule has 25 unspecified atom stereocenters. The van der Waals surface area contributed by atoms with Crippen LogP contribution in [-0.2, 0) is 33.2 Å². The average Bonchev–Trinajstić information content (AvgIpc) is 3.83. The van der Waals surface area contributed by atoms with E-state index in [1.807, 2.05) is 0 Å². The lowest BCUT2D eigenvalue weighted by Crippen LogP contribution is -2.62. The Hall–Kier alpha value is -1.01. The van der Waals surface area contributed by atoms with Gasteiger partial charge in [0.2, 0.25) is 0 Å². The second-order valence-electron chi connectivity index (χ2n) is 23.3. The van der Waals surface area contributed by atoms with Crippen molar-refractivity contribution in [2.24, 2.45) is 50.7 Å². The van der Waals surface area contributed by atoms with Gasteiger partial charge in [-0.15, -0.1) is 0 Å². The van der Waals surface area contributed by atoms with Gasteiger partial charge in [0, 0.05) is 17.8 Å². The summed E-state index contributed by atoms with van der Waals surface area (Å²) in [6, 6.07) is 0. The van der Waals surface area contributed by atoms with Gasteiger partial charge in [-0.3, -0.25) is 4.79 Å². The summed E-state index contributed by atoms with van der Waals surface area (Å²) < 4.78 is 36.3. The van der Waals surface area contributed by atoms with Crippen molar-refractivity contribution in [1.82, 2.24) is 0 Å². The van der Waals surface area contributed by atoms with Gasteiger partial charge in [-0.2, -0.15) is 0 Å². The number of aliphatic hydroxyl groups is 11. The van der Waals surface area contributed by atoms with Crippen molar-refractivity contribution in [1.29, 1.82) is 0 Å². The third kappa shape index (κ3) is 7.74. The molecule has 65 heavy (non-hydrogen) atoms. The molecule has 0 aromatic carbocycles. The molecule has 11 N–H and O–H groups in total. The number of ether oxygens (including phenoxy) is 6. The lowest BCUT2D eigenvalue weighted by molar-refractivity contribution is -0.345. The number of Topliss-reactive ketones (excluding diaryl/α,β-unsaturated/α-hetero) is 1. The van der Waals surface area contributed by atoms with Crippen LogP contribution in [0.2, 0.25) is 0 Å². The number of rotatable bonds is 12. The monoisotopic (exact) mass is 931 g/mol. The Morgan fingerprint density at radius 3 is 2.06 bits per heavy atom. The van der Waals surface area contributed by atoms with Crippen molar-refractivity contribution in [3.05, 3.63) is 0 Å². The third-order valence-corrected chi connectivity index (χ3v) is 19.2. The Kier molecular flexibility index (Phi) is 13.5. The number of aliphatic hydroxyl groups excluding tert-OH is 11. The van der Waals surface area contributed by atoms with Crippen LogP contribution in [0.25, 0.3) is 0 Å². The Labute approximate surface area is 381 Å². The molecular formula is C47H78O18. The van der Waals surface area contributed by atoms with E-state index in [4.69, 9.17) is 28.4 Å². The van der Waals surface area contributed by atoms with E-state index in [1.54, 1.807) is 20.8 Å². The first-order valence-corrected chi connectivity index (χ1v) is 24.1. The summed E-state index contributed by atoms with van der Waals surface area (Å²) in [5, 5.41) is 117. The maximum Gasteiger partial charge on any atom is 0.187 e. The van der Waals surface area contributed by atoms with Crippen molar-refractivity contribution in [3.8, 4) is 0 Å². The quantitative estimate of drug-likeness (QED) is 0.111. The van der Waals surface area contributed by atoms with Gasteiger partial charge in [0.15, 0.2) is 18.9 Å². The molecule has 5 saturated carbocycles. The highest BCUT2D eigenvalue weighted by Gasteiger charge is 2.84. The summed E-state index contributed by atoms with van der Waals surface area (Å²) in [5.41, 5.74) is -3.00. The fourth-order valence-corrected chi connectivity index (χ4v) is 15.5. The highest BCUT2D eigenvalue weighted by molar-refractivity contribution is 5.86. The number of ketones is 1. The minimum Gasteiger partial charge on any atom is -0.394 e. The van der Waals surface area contributed by atoms with Gasteiger partial charge in [0.05, 0.1) is 43.2 Å². The number of carbonyl (C=O) groups is 1. The van der Waals surface area contributed by atoms with Crippen molar-refractivity contribution < 1.29 is 89.4 Å². The highest BCUT2D eigenvalue weighted by atomic mass is 16.7. The summed E-state index contributed by atoms with van der Waals surface area (Å²) in [5.74, 6) is -0.335. The van der Waals surface area contributed by atoms with E-state index in [-0.39, 0.29) is 64.1 Å². The topological polar surface area (TPSA) is 295 Å². The molecule has 8 aliphatic rings. The smallest absolute Gasteiger partial charge is 0.187 e. The molecule has 8 rings (SSSR count). The fraction of sp³-hybridized carbons (Fsp3) is 0.979. The largest absolute Gasteiger partial charge is 0.394 e. The van der Waals surface area contributed by atoms with E-state index >= 15 is 0 Å². The molecule has 0 radical (unpaired) electrons. The minimum atomic E-state index is -1.70. The van der Waals surface area contributed by atoms with Crippen molar-refractivity contribution in [2.75, 3.05) is 13.2 Å². The zero-order valence-electron chi connectivity index (χ0n) is 39.2. The van der Waals surface area contributed by atoms with Crippen molar-refractivity contribution in [2.45, 2.75) is 223 Å².